The average molecular weight is 236 g/mol. The number of benzene rings is 1. The van der Waals surface area contributed by atoms with Crippen LogP contribution in [0.15, 0.2) is 24.3 Å². The predicted molar refractivity (Wildman–Crippen MR) is 72.0 cm³/mol. The average Bonchev–Trinajstić information content (AvgIpc) is 2.29. The molecule has 3 heteroatoms. The minimum absolute atomic E-state index is 0.121. The molecule has 0 fully saturated rings. The van der Waals surface area contributed by atoms with Gasteiger partial charge in [0.15, 0.2) is 0 Å². The van der Waals surface area contributed by atoms with Crippen molar-refractivity contribution in [2.45, 2.75) is 32.2 Å². The second kappa shape index (κ2) is 6.15. The van der Waals surface area contributed by atoms with Gasteiger partial charge >= 0.3 is 0 Å². The molecule has 0 aliphatic carbocycles. The largest absolute Gasteiger partial charge is 0.395 e. The summed E-state index contributed by atoms with van der Waals surface area (Å²) in [6.07, 6.45) is 0. The van der Waals surface area contributed by atoms with Crippen molar-refractivity contribution in [2.24, 2.45) is 5.73 Å². The van der Waals surface area contributed by atoms with E-state index in [0.29, 0.717) is 13.1 Å². The van der Waals surface area contributed by atoms with Crippen LogP contribution in [0.2, 0.25) is 0 Å². The van der Waals surface area contributed by atoms with Crippen LogP contribution >= 0.6 is 0 Å². The van der Waals surface area contributed by atoms with E-state index >= 15 is 0 Å². The van der Waals surface area contributed by atoms with E-state index in [0.717, 1.165) is 0 Å². The van der Waals surface area contributed by atoms with Gasteiger partial charge < -0.3 is 16.2 Å². The van der Waals surface area contributed by atoms with Crippen molar-refractivity contribution in [1.82, 2.24) is 5.32 Å². The first-order valence-corrected chi connectivity index (χ1v) is 6.13. The van der Waals surface area contributed by atoms with Crippen LogP contribution in [0, 0.1) is 0 Å². The Hall–Kier alpha value is -0.900. The lowest BCUT2D eigenvalue weighted by molar-refractivity contribution is 0.285. The van der Waals surface area contributed by atoms with Gasteiger partial charge in [0.1, 0.15) is 0 Å². The third kappa shape index (κ3) is 4.11. The summed E-state index contributed by atoms with van der Waals surface area (Å²) in [4.78, 5) is 0. The molecule has 0 spiro atoms. The normalized spacial score (nSPS) is 13.7. The molecule has 0 amide bonds. The van der Waals surface area contributed by atoms with Gasteiger partial charge in [0.2, 0.25) is 0 Å². The number of aliphatic hydroxyl groups excluding tert-OH is 1. The van der Waals surface area contributed by atoms with Gasteiger partial charge in [-0.15, -0.1) is 0 Å². The van der Waals surface area contributed by atoms with Crippen LogP contribution in [0.25, 0.3) is 0 Å². The summed E-state index contributed by atoms with van der Waals surface area (Å²) in [5, 5.41) is 12.0. The fourth-order valence-corrected chi connectivity index (χ4v) is 1.79. The van der Waals surface area contributed by atoms with Crippen LogP contribution in [0.4, 0.5) is 0 Å². The van der Waals surface area contributed by atoms with Crippen molar-refractivity contribution < 1.29 is 5.11 Å². The minimum Gasteiger partial charge on any atom is -0.395 e. The second-order valence-corrected chi connectivity index (χ2v) is 5.34. The summed E-state index contributed by atoms with van der Waals surface area (Å²) in [6, 6.07) is 8.65. The molecule has 96 valence electrons. The van der Waals surface area contributed by atoms with Gasteiger partial charge in [-0.05, 0) is 16.5 Å². The van der Waals surface area contributed by atoms with Crippen LogP contribution in [0.5, 0.6) is 0 Å². The molecule has 0 saturated heterocycles. The fourth-order valence-electron chi connectivity index (χ4n) is 1.79. The van der Waals surface area contributed by atoms with Crippen molar-refractivity contribution in [2.75, 3.05) is 19.7 Å². The fraction of sp³-hybridized carbons (Fsp3) is 0.571. The van der Waals surface area contributed by atoms with Gasteiger partial charge in [0.05, 0.1) is 6.61 Å². The lowest BCUT2D eigenvalue weighted by Crippen LogP contribution is -2.30. The molecule has 0 aliphatic rings. The van der Waals surface area contributed by atoms with Crippen molar-refractivity contribution in [3.63, 3.8) is 0 Å². The summed E-state index contributed by atoms with van der Waals surface area (Å²) in [7, 11) is 0. The Labute approximate surface area is 104 Å². The molecule has 0 aromatic heterocycles. The van der Waals surface area contributed by atoms with Gasteiger partial charge in [0, 0.05) is 19.1 Å². The van der Waals surface area contributed by atoms with E-state index in [1.54, 1.807) is 0 Å². The van der Waals surface area contributed by atoms with Crippen molar-refractivity contribution >= 4 is 0 Å². The second-order valence-electron chi connectivity index (χ2n) is 5.34. The minimum atomic E-state index is 0.121. The zero-order valence-electron chi connectivity index (χ0n) is 11.0. The zero-order chi connectivity index (χ0) is 12.9. The van der Waals surface area contributed by atoms with Gasteiger partial charge in [-0.2, -0.15) is 0 Å². The Morgan fingerprint density at radius 2 is 1.82 bits per heavy atom. The summed E-state index contributed by atoms with van der Waals surface area (Å²) in [6.45, 7) is 7.85. The molecule has 0 radical (unpaired) electrons. The highest BCUT2D eigenvalue weighted by molar-refractivity contribution is 5.29. The Bertz CT molecular complexity index is 327. The third-order valence-corrected chi connectivity index (χ3v) is 2.92. The van der Waals surface area contributed by atoms with E-state index in [1.165, 1.54) is 11.1 Å². The van der Waals surface area contributed by atoms with E-state index in [4.69, 9.17) is 10.8 Å². The Morgan fingerprint density at radius 1 is 1.24 bits per heavy atom. The number of nitrogens with one attached hydrogen (secondary N) is 1. The Kier molecular flexibility index (Phi) is 5.12. The van der Waals surface area contributed by atoms with Gasteiger partial charge in [-0.1, -0.05) is 45.0 Å². The monoisotopic (exact) mass is 236 g/mol. The quantitative estimate of drug-likeness (QED) is 0.727. The van der Waals surface area contributed by atoms with Crippen LogP contribution < -0.4 is 11.1 Å². The number of rotatable bonds is 5. The molecule has 0 heterocycles. The molecule has 1 aromatic carbocycles. The van der Waals surface area contributed by atoms with Crippen molar-refractivity contribution in [3.8, 4) is 0 Å². The maximum atomic E-state index is 8.81. The Morgan fingerprint density at radius 3 is 2.24 bits per heavy atom. The van der Waals surface area contributed by atoms with Crippen LogP contribution in [-0.4, -0.2) is 24.8 Å². The zero-order valence-corrected chi connectivity index (χ0v) is 11.0. The topological polar surface area (TPSA) is 58.3 Å². The predicted octanol–water partition coefficient (Wildman–Crippen LogP) is 1.57. The lowest BCUT2D eigenvalue weighted by Gasteiger charge is -2.21. The molecular weight excluding hydrogens is 212 g/mol. The van der Waals surface area contributed by atoms with E-state index < -0.39 is 0 Å². The van der Waals surface area contributed by atoms with Crippen molar-refractivity contribution in [3.05, 3.63) is 35.4 Å². The third-order valence-electron chi connectivity index (χ3n) is 2.92. The summed E-state index contributed by atoms with van der Waals surface area (Å²) < 4.78 is 0. The number of hydrogen-bond donors (Lipinski definition) is 3. The van der Waals surface area contributed by atoms with Crippen molar-refractivity contribution in [1.29, 1.82) is 0 Å². The molecule has 1 aromatic rings. The van der Waals surface area contributed by atoms with E-state index in [9.17, 15) is 0 Å². The number of nitrogens with two attached hydrogens (primary N) is 1. The molecule has 1 atom stereocenters. The maximum Gasteiger partial charge on any atom is 0.0556 e. The molecule has 3 nitrogen and oxygen atoms in total. The molecule has 4 N–H and O–H groups in total. The highest BCUT2D eigenvalue weighted by Crippen LogP contribution is 2.23. The molecule has 0 saturated carbocycles. The summed E-state index contributed by atoms with van der Waals surface area (Å²) in [5.41, 5.74) is 8.39. The SMILES string of the molecule is CC(C)(C)c1ccc(C(CN)NCCO)cc1. The molecule has 0 aliphatic heterocycles. The molecule has 17 heavy (non-hydrogen) atoms. The van der Waals surface area contributed by atoms with Gasteiger partial charge in [-0.3, -0.25) is 0 Å². The van der Waals surface area contributed by atoms with E-state index in [-0.39, 0.29) is 18.1 Å². The van der Waals surface area contributed by atoms with Gasteiger partial charge in [-0.25, -0.2) is 0 Å². The smallest absolute Gasteiger partial charge is 0.0556 e. The number of hydrogen-bond acceptors (Lipinski definition) is 3. The molecular formula is C14H24N2O. The van der Waals surface area contributed by atoms with Crippen LogP contribution in [-0.2, 0) is 5.41 Å². The van der Waals surface area contributed by atoms with E-state index in [2.05, 4.69) is 50.4 Å². The summed E-state index contributed by atoms with van der Waals surface area (Å²) in [5.74, 6) is 0. The van der Waals surface area contributed by atoms with Gasteiger partial charge in [0.25, 0.3) is 0 Å². The Balaban J connectivity index is 2.78. The first-order valence-electron chi connectivity index (χ1n) is 6.13. The van der Waals surface area contributed by atoms with E-state index in [1.807, 2.05) is 0 Å². The lowest BCUT2D eigenvalue weighted by atomic mass is 9.86. The first-order chi connectivity index (χ1) is 7.99. The van der Waals surface area contributed by atoms with Crippen LogP contribution in [0.3, 0.4) is 0 Å². The highest BCUT2D eigenvalue weighted by Gasteiger charge is 2.14. The molecule has 1 rings (SSSR count). The standard InChI is InChI=1S/C14H24N2O/c1-14(2,3)12-6-4-11(5-7-12)13(10-15)16-8-9-17/h4-7,13,16-17H,8-10,15H2,1-3H3. The molecule has 1 unspecified atom stereocenters. The van der Waals surface area contributed by atoms with Crippen LogP contribution in [0.1, 0.15) is 37.9 Å². The highest BCUT2D eigenvalue weighted by atomic mass is 16.3. The molecule has 0 bridgehead atoms. The first kappa shape index (κ1) is 14.2. The summed E-state index contributed by atoms with van der Waals surface area (Å²) >= 11 is 0. The number of aliphatic hydroxyl groups is 1. The maximum absolute atomic E-state index is 8.81.